The number of rotatable bonds is 8. The molecule has 2 aromatic rings. The zero-order chi connectivity index (χ0) is 17.6. The van der Waals surface area contributed by atoms with Crippen molar-refractivity contribution in [2.45, 2.75) is 44.8 Å². The van der Waals surface area contributed by atoms with Crippen LogP contribution in [0.15, 0.2) is 24.9 Å². The van der Waals surface area contributed by atoms with Crippen molar-refractivity contribution in [1.82, 2.24) is 24.8 Å². The lowest BCUT2D eigenvalue weighted by atomic mass is 9.78. The lowest BCUT2D eigenvalue weighted by molar-refractivity contribution is -0.120. The van der Waals surface area contributed by atoms with E-state index < -0.39 is 0 Å². The van der Waals surface area contributed by atoms with E-state index in [0.717, 1.165) is 36.6 Å². The number of nitrogens with one attached hydrogen (secondary N) is 2. The monoisotopic (exact) mass is 344 g/mol. The van der Waals surface area contributed by atoms with Crippen LogP contribution in [0.1, 0.15) is 37.1 Å². The smallest absolute Gasteiger partial charge is 0.217 e. The number of hydrogen-bond donors (Lipinski definition) is 2. The number of carbonyl (C=O) groups excluding carboxylic acids is 1. The van der Waals surface area contributed by atoms with Gasteiger partial charge in [0.1, 0.15) is 12.1 Å². The van der Waals surface area contributed by atoms with Gasteiger partial charge < -0.3 is 19.9 Å². The number of anilines is 1. The van der Waals surface area contributed by atoms with Gasteiger partial charge in [0.05, 0.1) is 25.2 Å². The number of nitrogens with zero attached hydrogens (tertiary/aromatic N) is 4. The third kappa shape index (κ3) is 4.54. The van der Waals surface area contributed by atoms with E-state index in [4.69, 9.17) is 4.74 Å². The molecule has 1 aliphatic rings. The summed E-state index contributed by atoms with van der Waals surface area (Å²) in [4.78, 5) is 23.9. The summed E-state index contributed by atoms with van der Waals surface area (Å²) in [5.41, 5.74) is 2.10. The molecule has 0 aliphatic heterocycles. The highest BCUT2D eigenvalue weighted by Gasteiger charge is 2.31. The van der Waals surface area contributed by atoms with Gasteiger partial charge in [-0.3, -0.25) is 4.79 Å². The van der Waals surface area contributed by atoms with Crippen LogP contribution in [0.2, 0.25) is 0 Å². The maximum absolute atomic E-state index is 11.1. The Bertz CT molecular complexity index is 711. The van der Waals surface area contributed by atoms with E-state index in [9.17, 15) is 4.79 Å². The molecular weight excluding hydrogens is 320 g/mol. The van der Waals surface area contributed by atoms with Crippen molar-refractivity contribution in [1.29, 1.82) is 0 Å². The molecule has 1 fully saturated rings. The van der Waals surface area contributed by atoms with Gasteiger partial charge in [0.25, 0.3) is 0 Å². The SMILES string of the molecule is COCCn1cncc1CNc1cc(C2CC(NC(C)=O)C2)ncn1. The van der Waals surface area contributed by atoms with Crippen molar-refractivity contribution >= 4 is 11.7 Å². The Kier molecular flexibility index (Phi) is 5.60. The molecule has 2 aromatic heterocycles. The molecule has 2 heterocycles. The standard InChI is InChI=1S/C17H24N6O2/c1-12(24)22-14-5-13(6-14)16-7-17(21-10-20-16)19-9-15-8-18-11-23(15)3-4-25-2/h7-8,10-11,13-14H,3-6,9H2,1-2H3,(H,22,24)(H,19,20,21). The van der Waals surface area contributed by atoms with E-state index in [1.807, 2.05) is 12.3 Å². The molecule has 0 unspecified atom stereocenters. The Morgan fingerprint density at radius 3 is 3.00 bits per heavy atom. The molecule has 0 radical (unpaired) electrons. The molecule has 2 N–H and O–H groups in total. The first-order chi connectivity index (χ1) is 12.2. The predicted octanol–water partition coefficient (Wildman–Crippen LogP) is 1.31. The average Bonchev–Trinajstić information content (AvgIpc) is 3.01. The molecular formula is C17H24N6O2. The Labute approximate surface area is 147 Å². The summed E-state index contributed by atoms with van der Waals surface area (Å²) in [6.07, 6.45) is 7.10. The minimum Gasteiger partial charge on any atom is -0.383 e. The summed E-state index contributed by atoms with van der Waals surface area (Å²) in [5.74, 6) is 1.21. The van der Waals surface area contributed by atoms with Crippen LogP contribution in [0, 0.1) is 0 Å². The fraction of sp³-hybridized carbons (Fsp3) is 0.529. The van der Waals surface area contributed by atoms with E-state index in [0.29, 0.717) is 19.1 Å². The summed E-state index contributed by atoms with van der Waals surface area (Å²) >= 11 is 0. The van der Waals surface area contributed by atoms with Crippen molar-refractivity contribution in [3.63, 3.8) is 0 Å². The zero-order valence-electron chi connectivity index (χ0n) is 14.6. The Hall–Kier alpha value is -2.48. The lowest BCUT2D eigenvalue weighted by Gasteiger charge is -2.35. The van der Waals surface area contributed by atoms with E-state index in [-0.39, 0.29) is 11.9 Å². The highest BCUT2D eigenvalue weighted by Crippen LogP contribution is 2.36. The largest absolute Gasteiger partial charge is 0.383 e. The van der Waals surface area contributed by atoms with Gasteiger partial charge in [-0.05, 0) is 12.8 Å². The highest BCUT2D eigenvalue weighted by atomic mass is 16.5. The normalized spacial score (nSPS) is 19.3. The molecule has 1 aliphatic carbocycles. The number of imidazole rings is 1. The van der Waals surface area contributed by atoms with Gasteiger partial charge in [-0.15, -0.1) is 0 Å². The minimum absolute atomic E-state index is 0.0265. The summed E-state index contributed by atoms with van der Waals surface area (Å²) in [7, 11) is 1.69. The van der Waals surface area contributed by atoms with Crippen molar-refractivity contribution < 1.29 is 9.53 Å². The van der Waals surface area contributed by atoms with Crippen LogP contribution in [0.3, 0.4) is 0 Å². The third-order valence-electron chi connectivity index (χ3n) is 4.44. The van der Waals surface area contributed by atoms with Gasteiger partial charge >= 0.3 is 0 Å². The number of carbonyl (C=O) groups is 1. The minimum atomic E-state index is 0.0265. The van der Waals surface area contributed by atoms with Crippen molar-refractivity contribution in [2.75, 3.05) is 19.0 Å². The number of amides is 1. The van der Waals surface area contributed by atoms with E-state index in [2.05, 4.69) is 30.2 Å². The van der Waals surface area contributed by atoms with Crippen molar-refractivity contribution in [3.8, 4) is 0 Å². The topological polar surface area (TPSA) is 94.0 Å². The molecule has 1 amide bonds. The first-order valence-corrected chi connectivity index (χ1v) is 8.46. The molecule has 134 valence electrons. The lowest BCUT2D eigenvalue weighted by Crippen LogP contribution is -2.42. The summed E-state index contributed by atoms with van der Waals surface area (Å²) in [6, 6.07) is 2.26. The Morgan fingerprint density at radius 2 is 2.24 bits per heavy atom. The fourth-order valence-electron chi connectivity index (χ4n) is 3.02. The van der Waals surface area contributed by atoms with Crippen LogP contribution >= 0.6 is 0 Å². The number of ether oxygens (including phenoxy) is 1. The molecule has 0 atom stereocenters. The second kappa shape index (κ2) is 8.06. The molecule has 0 spiro atoms. The van der Waals surface area contributed by atoms with Crippen LogP contribution < -0.4 is 10.6 Å². The Morgan fingerprint density at radius 1 is 1.40 bits per heavy atom. The molecule has 8 nitrogen and oxygen atoms in total. The van der Waals surface area contributed by atoms with Crippen molar-refractivity contribution in [3.05, 3.63) is 36.3 Å². The molecule has 8 heteroatoms. The summed E-state index contributed by atoms with van der Waals surface area (Å²) < 4.78 is 7.17. The van der Waals surface area contributed by atoms with Crippen molar-refractivity contribution in [2.24, 2.45) is 0 Å². The van der Waals surface area contributed by atoms with E-state index >= 15 is 0 Å². The first kappa shape index (κ1) is 17.3. The van der Waals surface area contributed by atoms with Crippen LogP contribution in [-0.2, 0) is 22.6 Å². The second-order valence-corrected chi connectivity index (χ2v) is 6.32. The van der Waals surface area contributed by atoms with Gasteiger partial charge in [-0.1, -0.05) is 0 Å². The number of aromatic nitrogens is 4. The van der Waals surface area contributed by atoms with E-state index in [1.165, 1.54) is 0 Å². The van der Waals surface area contributed by atoms with Crippen LogP contribution in [0.4, 0.5) is 5.82 Å². The predicted molar refractivity (Wildman–Crippen MR) is 93.0 cm³/mol. The maximum atomic E-state index is 11.1. The molecule has 3 rings (SSSR count). The van der Waals surface area contributed by atoms with Crippen LogP contribution in [0.5, 0.6) is 0 Å². The van der Waals surface area contributed by atoms with Gasteiger partial charge in [-0.25, -0.2) is 15.0 Å². The quantitative estimate of drug-likeness (QED) is 0.750. The second-order valence-electron chi connectivity index (χ2n) is 6.32. The highest BCUT2D eigenvalue weighted by molar-refractivity contribution is 5.73. The molecule has 0 bridgehead atoms. The van der Waals surface area contributed by atoms with Crippen LogP contribution in [0.25, 0.3) is 0 Å². The molecule has 0 aromatic carbocycles. The van der Waals surface area contributed by atoms with E-state index in [1.54, 1.807) is 26.7 Å². The first-order valence-electron chi connectivity index (χ1n) is 8.46. The third-order valence-corrected chi connectivity index (χ3v) is 4.44. The van der Waals surface area contributed by atoms with Gasteiger partial charge in [0, 0.05) is 50.5 Å². The molecule has 25 heavy (non-hydrogen) atoms. The number of methoxy groups -OCH3 is 1. The summed E-state index contributed by atoms with van der Waals surface area (Å²) in [5, 5.41) is 6.27. The maximum Gasteiger partial charge on any atom is 0.217 e. The van der Waals surface area contributed by atoms with Gasteiger partial charge in [0.15, 0.2) is 0 Å². The Balaban J connectivity index is 1.54. The fourth-order valence-corrected chi connectivity index (χ4v) is 3.02. The molecule has 1 saturated carbocycles. The van der Waals surface area contributed by atoms with Crippen LogP contribution in [-0.4, -0.2) is 45.2 Å². The summed E-state index contributed by atoms with van der Waals surface area (Å²) in [6.45, 7) is 3.62. The van der Waals surface area contributed by atoms with Gasteiger partial charge in [0.2, 0.25) is 5.91 Å². The van der Waals surface area contributed by atoms with Gasteiger partial charge in [-0.2, -0.15) is 0 Å². The number of hydrogen-bond acceptors (Lipinski definition) is 6. The zero-order valence-corrected chi connectivity index (χ0v) is 14.6. The molecule has 0 saturated heterocycles. The average molecular weight is 344 g/mol.